The molecule has 4 aromatic carbocycles. The van der Waals surface area contributed by atoms with Gasteiger partial charge in [0.25, 0.3) is 0 Å². The first-order valence-corrected chi connectivity index (χ1v) is 17.2. The Morgan fingerprint density at radius 1 is 0.673 bits per heavy atom. The van der Waals surface area contributed by atoms with Gasteiger partial charge in [-0.15, -0.1) is 0 Å². The van der Waals surface area contributed by atoms with Crippen molar-refractivity contribution in [2.45, 2.75) is 44.1 Å². The summed E-state index contributed by atoms with van der Waals surface area (Å²) in [7, 11) is 0. The van der Waals surface area contributed by atoms with Crippen molar-refractivity contribution in [3.63, 3.8) is 0 Å². The van der Waals surface area contributed by atoms with Gasteiger partial charge < -0.3 is 36.7 Å². The van der Waals surface area contributed by atoms with Gasteiger partial charge in [-0.2, -0.15) is 0 Å². The third-order valence-electron chi connectivity index (χ3n) is 8.48. The molecule has 0 spiro atoms. The Hall–Kier alpha value is -5.02. The van der Waals surface area contributed by atoms with Gasteiger partial charge in [0.2, 0.25) is 0 Å². The van der Waals surface area contributed by atoms with E-state index in [1.807, 2.05) is 78.9 Å². The van der Waals surface area contributed by atoms with Crippen LogP contribution in [0.15, 0.2) is 119 Å². The summed E-state index contributed by atoms with van der Waals surface area (Å²) >= 11 is 0. The van der Waals surface area contributed by atoms with Gasteiger partial charge in [0.15, 0.2) is 0 Å². The molecule has 2 aliphatic heterocycles. The number of ether oxygens (including phenoxy) is 2. The van der Waals surface area contributed by atoms with Gasteiger partial charge in [-0.1, -0.05) is 60.7 Å². The second kappa shape index (κ2) is 18.5. The molecule has 0 fully saturated rings. The van der Waals surface area contributed by atoms with E-state index in [9.17, 15) is 5.11 Å². The molecule has 9 nitrogen and oxygen atoms in total. The highest BCUT2D eigenvalue weighted by Crippen LogP contribution is 2.18. The fourth-order valence-electron chi connectivity index (χ4n) is 5.74. The average Bonchev–Trinajstić information content (AvgIpc) is 3.13. The van der Waals surface area contributed by atoms with Crippen LogP contribution in [-0.4, -0.2) is 61.8 Å². The molecule has 2 heterocycles. The lowest BCUT2D eigenvalue weighted by atomic mass is 9.93. The van der Waals surface area contributed by atoms with Crippen LogP contribution in [0.2, 0.25) is 0 Å². The number of amidine groups is 2. The number of aliphatic hydroxyl groups is 1. The van der Waals surface area contributed by atoms with E-state index in [1.54, 1.807) is 0 Å². The van der Waals surface area contributed by atoms with Crippen LogP contribution in [-0.2, 0) is 12.8 Å². The number of aliphatic imine (C=N–C) groups is 2. The number of nitrogens with one attached hydrogen (secondary N) is 2. The second-order valence-electron chi connectivity index (χ2n) is 12.8. The minimum Gasteiger partial charge on any atom is -0.494 e. The summed E-state index contributed by atoms with van der Waals surface area (Å²) in [6.45, 7) is 4.20. The zero-order chi connectivity index (χ0) is 34.2. The molecular weight excluding hydrogens is 612 g/mol. The molecule has 49 heavy (non-hydrogen) atoms. The fourth-order valence-corrected chi connectivity index (χ4v) is 5.74. The lowest BCUT2D eigenvalue weighted by Gasteiger charge is -2.32. The van der Waals surface area contributed by atoms with Gasteiger partial charge in [0.1, 0.15) is 17.1 Å². The first kappa shape index (κ1) is 35.3. The van der Waals surface area contributed by atoms with Crippen molar-refractivity contribution >= 4 is 23.0 Å². The molecule has 0 bridgehead atoms. The quantitative estimate of drug-likeness (QED) is 0.0864. The van der Waals surface area contributed by atoms with E-state index in [1.165, 1.54) is 5.56 Å². The highest BCUT2D eigenvalue weighted by molar-refractivity contribution is 5.83. The zero-order valence-electron chi connectivity index (χ0n) is 28.3. The topological polar surface area (TPSA) is 140 Å². The van der Waals surface area contributed by atoms with Crippen molar-refractivity contribution in [2.24, 2.45) is 15.9 Å². The summed E-state index contributed by atoms with van der Waals surface area (Å²) in [5, 5.41) is 17.4. The average molecular weight is 663 g/mol. The fraction of sp³-hybridized carbons (Fsp3) is 0.350. The summed E-state index contributed by atoms with van der Waals surface area (Å²) < 4.78 is 11.4. The summed E-state index contributed by atoms with van der Waals surface area (Å²) in [5.74, 6) is 4.33. The van der Waals surface area contributed by atoms with Crippen LogP contribution in [0.5, 0.6) is 11.5 Å². The highest BCUT2D eigenvalue weighted by atomic mass is 16.5. The number of anilines is 2. The van der Waals surface area contributed by atoms with Crippen molar-refractivity contribution in [3.05, 3.63) is 120 Å². The number of nitrogens with zero attached hydrogens (tertiary/aromatic N) is 2. The number of hydrogen-bond acceptors (Lipinski definition) is 9. The Balaban J connectivity index is 0.000000191. The van der Waals surface area contributed by atoms with Gasteiger partial charge >= 0.3 is 0 Å². The van der Waals surface area contributed by atoms with E-state index >= 15 is 0 Å². The predicted octanol–water partition coefficient (Wildman–Crippen LogP) is 5.69. The largest absolute Gasteiger partial charge is 0.494 e. The molecule has 0 saturated carbocycles. The van der Waals surface area contributed by atoms with Crippen molar-refractivity contribution in [1.82, 2.24) is 10.6 Å². The number of rotatable bonds is 14. The molecule has 2 aliphatic rings. The Bertz CT molecular complexity index is 1600. The van der Waals surface area contributed by atoms with E-state index in [0.29, 0.717) is 38.6 Å². The molecule has 258 valence electrons. The first-order chi connectivity index (χ1) is 23.9. The molecule has 0 amide bonds. The normalized spacial score (nSPS) is 18.4. The lowest BCUT2D eigenvalue weighted by molar-refractivity contribution is 0.0499. The summed E-state index contributed by atoms with van der Waals surface area (Å²) in [6, 6.07) is 35.6. The molecule has 7 N–H and O–H groups in total. The zero-order valence-corrected chi connectivity index (χ0v) is 28.3. The Morgan fingerprint density at radius 2 is 1.20 bits per heavy atom. The van der Waals surface area contributed by atoms with E-state index in [2.05, 4.69) is 46.0 Å². The number of β-amino-alcohol motifs (C(OH)–C–C–N with tert-alkyl or cyclic N) is 1. The molecule has 0 aliphatic carbocycles. The number of hydrogen-bond donors (Lipinski definition) is 5. The Morgan fingerprint density at radius 3 is 1.69 bits per heavy atom. The predicted molar refractivity (Wildman–Crippen MR) is 201 cm³/mol. The molecule has 0 saturated heterocycles. The Labute approximate surface area is 290 Å². The number of nitrogens with two attached hydrogens (primary N) is 2. The molecule has 0 aromatic heterocycles. The van der Waals surface area contributed by atoms with Crippen LogP contribution in [0.25, 0.3) is 0 Å². The monoisotopic (exact) mass is 662 g/mol. The molecule has 2 atom stereocenters. The maximum Gasteiger partial charge on any atom is 0.119 e. The second-order valence-corrected chi connectivity index (χ2v) is 12.8. The van der Waals surface area contributed by atoms with E-state index < -0.39 is 5.60 Å². The van der Waals surface area contributed by atoms with Crippen molar-refractivity contribution in [3.8, 4) is 11.5 Å². The number of benzene rings is 4. The van der Waals surface area contributed by atoms with Gasteiger partial charge in [-0.3, -0.25) is 9.98 Å². The van der Waals surface area contributed by atoms with Gasteiger partial charge in [-0.25, -0.2) is 0 Å². The van der Waals surface area contributed by atoms with E-state index in [0.717, 1.165) is 85.3 Å². The molecule has 9 heteroatoms. The maximum atomic E-state index is 10.7. The standard InChI is InChI=1S/C20H25N3O2.C20H25N3O/c21-17-8-10-18(11-9-17)25-12-4-7-19-22-14-20(24,15-23-19)13-16-5-2-1-3-6-16;21-18-8-10-19(11-9-18)24-12-4-7-20-22-14-17(15-23-20)13-16-5-2-1-3-6-16/h1-3,5-6,8-11,24H,4,7,12-15,21H2,(H,22,23);1-3,5-6,8-11,17H,4,7,12-15,21H2,(H,22,23). The highest BCUT2D eigenvalue weighted by Gasteiger charge is 2.30. The first-order valence-electron chi connectivity index (χ1n) is 17.2. The third kappa shape index (κ3) is 12.5. The number of nitrogen functional groups attached to an aromatic ring is 2. The van der Waals surface area contributed by atoms with Crippen molar-refractivity contribution in [1.29, 1.82) is 0 Å². The van der Waals surface area contributed by atoms with Crippen LogP contribution >= 0.6 is 0 Å². The third-order valence-corrected chi connectivity index (χ3v) is 8.48. The maximum absolute atomic E-state index is 10.7. The van der Waals surface area contributed by atoms with Gasteiger partial charge in [0, 0.05) is 50.3 Å². The van der Waals surface area contributed by atoms with Crippen LogP contribution in [0.3, 0.4) is 0 Å². The van der Waals surface area contributed by atoms with Crippen LogP contribution in [0.1, 0.15) is 36.8 Å². The summed E-state index contributed by atoms with van der Waals surface area (Å²) in [5.41, 5.74) is 14.5. The minimum atomic E-state index is -0.814. The molecule has 0 radical (unpaired) electrons. The molecule has 2 unspecified atom stereocenters. The van der Waals surface area contributed by atoms with Gasteiger partial charge in [0.05, 0.1) is 31.4 Å². The van der Waals surface area contributed by atoms with Crippen molar-refractivity contribution < 1.29 is 14.6 Å². The van der Waals surface area contributed by atoms with Gasteiger partial charge in [-0.05, 0) is 84.8 Å². The SMILES string of the molecule is Nc1ccc(OCCCC2=NCC(Cc3ccccc3)CN2)cc1.Nc1ccc(OCCCC2=NCC(O)(Cc3ccccc3)CN2)cc1. The van der Waals surface area contributed by atoms with Crippen molar-refractivity contribution in [2.75, 3.05) is 50.9 Å². The van der Waals surface area contributed by atoms with E-state index in [4.69, 9.17) is 25.9 Å². The lowest BCUT2D eigenvalue weighted by Crippen LogP contribution is -2.51. The van der Waals surface area contributed by atoms with E-state index in [-0.39, 0.29) is 0 Å². The Kier molecular flexibility index (Phi) is 13.3. The molecule has 4 aromatic rings. The molecular formula is C40H50N6O3. The summed E-state index contributed by atoms with van der Waals surface area (Å²) in [6.07, 6.45) is 5.28. The summed E-state index contributed by atoms with van der Waals surface area (Å²) in [4.78, 5) is 9.22. The molecule has 6 rings (SSSR count). The van der Waals surface area contributed by atoms with Crippen LogP contribution < -0.4 is 31.6 Å². The minimum absolute atomic E-state index is 0.434. The smallest absolute Gasteiger partial charge is 0.119 e. The van der Waals surface area contributed by atoms with Crippen LogP contribution in [0.4, 0.5) is 11.4 Å². The van der Waals surface area contributed by atoms with Crippen LogP contribution in [0, 0.1) is 5.92 Å².